The Hall–Kier alpha value is -2.53. The smallest absolute Gasteiger partial charge is 0.283 e. The molecule has 0 aliphatic carbocycles. The number of aliphatic imine (C=N–C) groups is 1. The number of hydrogen-bond donors (Lipinski definition) is 0. The molecule has 128 valence electrons. The van der Waals surface area contributed by atoms with Gasteiger partial charge in [-0.2, -0.15) is 0 Å². The maximum absolute atomic E-state index is 12.9. The second kappa shape index (κ2) is 7.57. The van der Waals surface area contributed by atoms with Gasteiger partial charge in [0, 0.05) is 0 Å². The highest BCUT2D eigenvalue weighted by Gasteiger charge is 2.31. The number of rotatable bonds is 4. The normalized spacial score (nSPS) is 15.6. The number of hydrogen-bond acceptors (Lipinski definition) is 4. The molecule has 0 saturated carbocycles. The predicted molar refractivity (Wildman–Crippen MR) is 105 cm³/mol. The van der Waals surface area contributed by atoms with Gasteiger partial charge in [-0.25, -0.2) is 4.99 Å². The Morgan fingerprint density at radius 1 is 1.12 bits per heavy atom. The van der Waals surface area contributed by atoms with Crippen LogP contribution in [0.15, 0.2) is 59.2 Å². The Balaban J connectivity index is 1.90. The zero-order valence-corrected chi connectivity index (χ0v) is 15.3. The molecule has 0 atom stereocenters. The first-order valence-electron chi connectivity index (χ1n) is 8.10. The fourth-order valence-electron chi connectivity index (χ4n) is 2.54. The molecule has 1 heterocycles. The van der Waals surface area contributed by atoms with E-state index in [1.165, 1.54) is 17.3 Å². The Morgan fingerprint density at radius 3 is 2.40 bits per heavy atom. The van der Waals surface area contributed by atoms with Crippen molar-refractivity contribution in [2.75, 3.05) is 17.8 Å². The van der Waals surface area contributed by atoms with Gasteiger partial charge in [0.15, 0.2) is 5.17 Å². The van der Waals surface area contributed by atoms with Crippen LogP contribution in [0.3, 0.4) is 0 Å². The second-order valence-corrected chi connectivity index (χ2v) is 6.38. The van der Waals surface area contributed by atoms with Gasteiger partial charge in [-0.05, 0) is 56.0 Å². The van der Waals surface area contributed by atoms with Gasteiger partial charge in [0.2, 0.25) is 0 Å². The van der Waals surface area contributed by atoms with Crippen molar-refractivity contribution in [2.24, 2.45) is 4.99 Å². The summed E-state index contributed by atoms with van der Waals surface area (Å²) in [5.74, 6) is 0.671. The third-order valence-electron chi connectivity index (χ3n) is 3.80. The third kappa shape index (κ3) is 3.77. The molecular weight excluding hydrogens is 332 g/mol. The molecule has 25 heavy (non-hydrogen) atoms. The lowest BCUT2D eigenvalue weighted by atomic mass is 10.1. The number of nitrogens with zero attached hydrogens (tertiary/aromatic N) is 2. The van der Waals surface area contributed by atoms with Gasteiger partial charge >= 0.3 is 0 Å². The first-order valence-corrected chi connectivity index (χ1v) is 9.33. The SMILES string of the molecule is CCOc1ccc(N2C(=O)/C(=C/c3ccc(C)cc3)N=C2SC)cc1. The molecule has 0 N–H and O–H groups in total. The summed E-state index contributed by atoms with van der Waals surface area (Å²) in [5.41, 5.74) is 3.38. The van der Waals surface area contributed by atoms with E-state index in [0.717, 1.165) is 17.0 Å². The first kappa shape index (κ1) is 17.3. The average Bonchev–Trinajstić information content (AvgIpc) is 2.94. The number of anilines is 1. The zero-order valence-electron chi connectivity index (χ0n) is 14.5. The van der Waals surface area contributed by atoms with E-state index in [1.807, 2.05) is 74.7 Å². The highest BCUT2D eigenvalue weighted by atomic mass is 32.2. The molecule has 0 saturated heterocycles. The van der Waals surface area contributed by atoms with E-state index >= 15 is 0 Å². The molecule has 4 nitrogen and oxygen atoms in total. The number of amides is 1. The van der Waals surface area contributed by atoms with Crippen LogP contribution in [0.1, 0.15) is 18.1 Å². The van der Waals surface area contributed by atoms with Crippen LogP contribution >= 0.6 is 11.8 Å². The molecule has 3 rings (SSSR count). The summed E-state index contributed by atoms with van der Waals surface area (Å²) in [5, 5.41) is 0.674. The molecule has 0 bridgehead atoms. The predicted octanol–water partition coefficient (Wildman–Crippen LogP) is 4.50. The van der Waals surface area contributed by atoms with Crippen LogP contribution in [-0.4, -0.2) is 23.9 Å². The van der Waals surface area contributed by atoms with E-state index in [0.29, 0.717) is 17.5 Å². The summed E-state index contributed by atoms with van der Waals surface area (Å²) in [7, 11) is 0. The monoisotopic (exact) mass is 352 g/mol. The van der Waals surface area contributed by atoms with Gasteiger partial charge in [-0.1, -0.05) is 41.6 Å². The van der Waals surface area contributed by atoms with E-state index in [1.54, 1.807) is 4.90 Å². The number of amidine groups is 1. The summed E-state index contributed by atoms with van der Waals surface area (Å²) >= 11 is 1.45. The van der Waals surface area contributed by atoms with E-state index < -0.39 is 0 Å². The Kier molecular flexibility index (Phi) is 5.24. The Bertz CT molecular complexity index is 824. The molecule has 0 aromatic heterocycles. The maximum atomic E-state index is 12.9. The molecule has 5 heteroatoms. The van der Waals surface area contributed by atoms with Crippen molar-refractivity contribution < 1.29 is 9.53 Å². The summed E-state index contributed by atoms with van der Waals surface area (Å²) in [4.78, 5) is 19.0. The quantitative estimate of drug-likeness (QED) is 0.761. The number of thioether (sulfide) groups is 1. The van der Waals surface area contributed by atoms with Crippen LogP contribution in [0.2, 0.25) is 0 Å². The molecule has 1 aliphatic heterocycles. The highest BCUT2D eigenvalue weighted by Crippen LogP contribution is 2.29. The lowest BCUT2D eigenvalue weighted by Gasteiger charge is -2.17. The fourth-order valence-corrected chi connectivity index (χ4v) is 3.10. The van der Waals surface area contributed by atoms with Crippen LogP contribution in [0.5, 0.6) is 5.75 Å². The number of ether oxygens (including phenoxy) is 1. The van der Waals surface area contributed by atoms with Crippen molar-refractivity contribution >= 4 is 34.6 Å². The molecule has 2 aromatic rings. The Morgan fingerprint density at radius 2 is 1.80 bits per heavy atom. The van der Waals surface area contributed by atoms with Crippen LogP contribution in [0.25, 0.3) is 6.08 Å². The van der Waals surface area contributed by atoms with Gasteiger partial charge in [0.25, 0.3) is 5.91 Å². The van der Waals surface area contributed by atoms with Crippen LogP contribution < -0.4 is 9.64 Å². The van der Waals surface area contributed by atoms with Gasteiger partial charge in [-0.15, -0.1) is 0 Å². The molecule has 0 radical (unpaired) electrons. The summed E-state index contributed by atoms with van der Waals surface area (Å²) in [6.45, 7) is 4.59. The lowest BCUT2D eigenvalue weighted by molar-refractivity contribution is -0.113. The maximum Gasteiger partial charge on any atom is 0.283 e. The molecule has 1 aliphatic rings. The minimum atomic E-state index is -0.117. The van der Waals surface area contributed by atoms with Crippen molar-refractivity contribution in [2.45, 2.75) is 13.8 Å². The molecule has 2 aromatic carbocycles. The molecular formula is C20H20N2O2S. The number of carbonyl (C=O) groups is 1. The van der Waals surface area contributed by atoms with Crippen LogP contribution in [-0.2, 0) is 4.79 Å². The van der Waals surface area contributed by atoms with Gasteiger partial charge in [0.05, 0.1) is 12.3 Å². The topological polar surface area (TPSA) is 41.9 Å². The van der Waals surface area contributed by atoms with E-state index in [2.05, 4.69) is 4.99 Å². The number of aryl methyl sites for hydroxylation is 1. The van der Waals surface area contributed by atoms with E-state index in [4.69, 9.17) is 4.74 Å². The Labute approximate surface area is 152 Å². The molecule has 1 amide bonds. The van der Waals surface area contributed by atoms with Gasteiger partial charge in [-0.3, -0.25) is 9.69 Å². The van der Waals surface area contributed by atoms with Gasteiger partial charge < -0.3 is 4.74 Å². The van der Waals surface area contributed by atoms with Crippen molar-refractivity contribution in [3.63, 3.8) is 0 Å². The molecule has 0 spiro atoms. The second-order valence-electron chi connectivity index (χ2n) is 5.61. The summed E-state index contributed by atoms with van der Waals surface area (Å²) in [6.07, 6.45) is 3.75. The lowest BCUT2D eigenvalue weighted by Crippen LogP contribution is -2.29. The van der Waals surface area contributed by atoms with Crippen molar-refractivity contribution in [1.82, 2.24) is 0 Å². The van der Waals surface area contributed by atoms with Crippen LogP contribution in [0, 0.1) is 6.92 Å². The largest absolute Gasteiger partial charge is 0.494 e. The van der Waals surface area contributed by atoms with E-state index in [-0.39, 0.29) is 5.91 Å². The molecule has 0 unspecified atom stereocenters. The average molecular weight is 352 g/mol. The summed E-state index contributed by atoms with van der Waals surface area (Å²) in [6, 6.07) is 15.5. The summed E-state index contributed by atoms with van der Waals surface area (Å²) < 4.78 is 5.46. The van der Waals surface area contributed by atoms with Crippen molar-refractivity contribution in [1.29, 1.82) is 0 Å². The first-order chi connectivity index (χ1) is 12.1. The highest BCUT2D eigenvalue weighted by molar-refractivity contribution is 8.13. The zero-order chi connectivity index (χ0) is 17.8. The molecule has 0 fully saturated rings. The fraction of sp³-hybridized carbons (Fsp3) is 0.200. The standard InChI is InChI=1S/C20H20N2O2S/c1-4-24-17-11-9-16(10-12-17)22-19(23)18(21-20(22)25-3)13-15-7-5-14(2)6-8-15/h5-13H,4H2,1-3H3/b18-13-. The third-order valence-corrected chi connectivity index (χ3v) is 4.44. The number of benzene rings is 2. The van der Waals surface area contributed by atoms with Crippen molar-refractivity contribution in [3.05, 3.63) is 65.4 Å². The van der Waals surface area contributed by atoms with Crippen LogP contribution in [0.4, 0.5) is 5.69 Å². The number of carbonyl (C=O) groups excluding carboxylic acids is 1. The van der Waals surface area contributed by atoms with Gasteiger partial charge in [0.1, 0.15) is 11.4 Å². The minimum absolute atomic E-state index is 0.117. The van der Waals surface area contributed by atoms with Crippen molar-refractivity contribution in [3.8, 4) is 5.75 Å². The minimum Gasteiger partial charge on any atom is -0.494 e. The van der Waals surface area contributed by atoms with E-state index in [9.17, 15) is 4.79 Å².